The van der Waals surface area contributed by atoms with Crippen molar-refractivity contribution in [3.63, 3.8) is 0 Å². The summed E-state index contributed by atoms with van der Waals surface area (Å²) in [5.41, 5.74) is 2.26. The maximum absolute atomic E-state index is 12.8. The molecule has 1 saturated carbocycles. The number of nitrogens with zero attached hydrogens (tertiary/aromatic N) is 1. The quantitative estimate of drug-likeness (QED) is 0.939. The van der Waals surface area contributed by atoms with Gasteiger partial charge in [-0.2, -0.15) is 11.3 Å². The number of hydrogen-bond acceptors (Lipinski definition) is 3. The van der Waals surface area contributed by atoms with Gasteiger partial charge in [0, 0.05) is 6.04 Å². The van der Waals surface area contributed by atoms with E-state index in [4.69, 9.17) is 0 Å². The molecule has 1 aliphatic heterocycles. The van der Waals surface area contributed by atoms with E-state index in [-0.39, 0.29) is 18.1 Å². The third-order valence-corrected chi connectivity index (χ3v) is 4.74. The van der Waals surface area contributed by atoms with E-state index in [0.717, 1.165) is 18.4 Å². The number of rotatable bonds is 3. The van der Waals surface area contributed by atoms with Crippen LogP contribution in [0.25, 0.3) is 0 Å². The smallest absolute Gasteiger partial charge is 0.246 e. The van der Waals surface area contributed by atoms with Crippen LogP contribution in [0.1, 0.15) is 36.2 Å². The van der Waals surface area contributed by atoms with Crippen molar-refractivity contribution >= 4 is 17.2 Å². The van der Waals surface area contributed by atoms with E-state index in [9.17, 15) is 4.79 Å². The minimum absolute atomic E-state index is 0.0338. The van der Waals surface area contributed by atoms with Gasteiger partial charge in [0.25, 0.3) is 0 Å². The molecule has 2 unspecified atom stereocenters. The van der Waals surface area contributed by atoms with Gasteiger partial charge >= 0.3 is 0 Å². The molecule has 102 valence electrons. The minimum Gasteiger partial charge on any atom is -0.318 e. The third kappa shape index (κ3) is 1.96. The Morgan fingerprint density at radius 3 is 2.55 bits per heavy atom. The predicted molar refractivity (Wildman–Crippen MR) is 79.2 cm³/mol. The van der Waals surface area contributed by atoms with Crippen LogP contribution < -0.4 is 5.32 Å². The summed E-state index contributed by atoms with van der Waals surface area (Å²) in [4.78, 5) is 14.8. The number of amides is 1. The molecule has 20 heavy (non-hydrogen) atoms. The van der Waals surface area contributed by atoms with Gasteiger partial charge in [0.15, 0.2) is 0 Å². The van der Waals surface area contributed by atoms with E-state index >= 15 is 0 Å². The van der Waals surface area contributed by atoms with Gasteiger partial charge in [-0.1, -0.05) is 30.3 Å². The molecule has 2 aliphatic rings. The number of benzene rings is 1. The van der Waals surface area contributed by atoms with Crippen LogP contribution in [-0.4, -0.2) is 16.8 Å². The van der Waals surface area contributed by atoms with Gasteiger partial charge in [0.1, 0.15) is 12.2 Å². The fourth-order valence-corrected chi connectivity index (χ4v) is 3.58. The van der Waals surface area contributed by atoms with Crippen molar-refractivity contribution in [3.05, 3.63) is 58.3 Å². The predicted octanol–water partition coefficient (Wildman–Crippen LogP) is 3.08. The Kier molecular flexibility index (Phi) is 2.86. The molecular weight excluding hydrogens is 268 g/mol. The molecule has 4 heteroatoms. The Labute approximate surface area is 122 Å². The highest BCUT2D eigenvalue weighted by molar-refractivity contribution is 7.07. The van der Waals surface area contributed by atoms with Gasteiger partial charge in [-0.05, 0) is 40.8 Å². The summed E-state index contributed by atoms with van der Waals surface area (Å²) in [7, 11) is 0. The highest BCUT2D eigenvalue weighted by Gasteiger charge is 2.47. The molecule has 1 aromatic carbocycles. The summed E-state index contributed by atoms with van der Waals surface area (Å²) in [6.45, 7) is 0. The molecule has 2 aromatic rings. The van der Waals surface area contributed by atoms with Crippen molar-refractivity contribution in [2.75, 3.05) is 0 Å². The van der Waals surface area contributed by atoms with E-state index in [1.807, 2.05) is 30.3 Å². The molecule has 0 radical (unpaired) electrons. The minimum atomic E-state index is -0.207. The zero-order valence-electron chi connectivity index (χ0n) is 11.0. The van der Waals surface area contributed by atoms with Gasteiger partial charge in [0.2, 0.25) is 5.91 Å². The summed E-state index contributed by atoms with van der Waals surface area (Å²) < 4.78 is 0. The van der Waals surface area contributed by atoms with Crippen molar-refractivity contribution in [3.8, 4) is 0 Å². The monoisotopic (exact) mass is 284 g/mol. The summed E-state index contributed by atoms with van der Waals surface area (Å²) in [6.07, 6.45) is 2.30. The SMILES string of the molecule is O=C1C(c2ccccc2)NC(c2ccsc2)N1C1CC1. The fourth-order valence-electron chi connectivity index (χ4n) is 2.90. The zero-order chi connectivity index (χ0) is 13.5. The average molecular weight is 284 g/mol. The van der Waals surface area contributed by atoms with Crippen LogP contribution in [0.4, 0.5) is 0 Å². The second-order valence-electron chi connectivity index (χ2n) is 5.45. The lowest BCUT2D eigenvalue weighted by Crippen LogP contribution is -2.32. The largest absolute Gasteiger partial charge is 0.318 e. The van der Waals surface area contributed by atoms with Crippen molar-refractivity contribution in [1.29, 1.82) is 0 Å². The first-order valence-electron chi connectivity index (χ1n) is 7.00. The highest BCUT2D eigenvalue weighted by Crippen LogP contribution is 2.41. The van der Waals surface area contributed by atoms with Crippen LogP contribution in [0.5, 0.6) is 0 Å². The first-order chi connectivity index (χ1) is 9.84. The zero-order valence-corrected chi connectivity index (χ0v) is 11.8. The molecule has 2 heterocycles. The molecule has 1 N–H and O–H groups in total. The van der Waals surface area contributed by atoms with E-state index in [1.54, 1.807) is 11.3 Å². The Balaban J connectivity index is 1.69. The summed E-state index contributed by atoms with van der Waals surface area (Å²) in [5.74, 6) is 0.218. The first-order valence-corrected chi connectivity index (χ1v) is 7.94. The Bertz CT molecular complexity index is 607. The number of thiophene rings is 1. The molecule has 1 saturated heterocycles. The maximum Gasteiger partial charge on any atom is 0.246 e. The van der Waals surface area contributed by atoms with Crippen LogP contribution in [0.3, 0.4) is 0 Å². The second kappa shape index (κ2) is 4.72. The van der Waals surface area contributed by atoms with Crippen molar-refractivity contribution < 1.29 is 4.79 Å². The number of nitrogens with one attached hydrogen (secondary N) is 1. The lowest BCUT2D eigenvalue weighted by molar-refractivity contribution is -0.130. The Hall–Kier alpha value is -1.65. The first kappa shape index (κ1) is 12.1. The van der Waals surface area contributed by atoms with Crippen molar-refractivity contribution in [1.82, 2.24) is 10.2 Å². The van der Waals surface area contributed by atoms with Crippen molar-refractivity contribution in [2.24, 2.45) is 0 Å². The maximum atomic E-state index is 12.8. The van der Waals surface area contributed by atoms with Gasteiger partial charge in [-0.15, -0.1) is 0 Å². The summed E-state index contributed by atoms with van der Waals surface area (Å²) >= 11 is 1.68. The summed E-state index contributed by atoms with van der Waals surface area (Å²) in [5, 5.41) is 7.72. The molecule has 0 bridgehead atoms. The molecule has 3 nitrogen and oxygen atoms in total. The fraction of sp³-hybridized carbons (Fsp3) is 0.312. The topological polar surface area (TPSA) is 32.3 Å². The number of carbonyl (C=O) groups excluding carboxylic acids is 1. The second-order valence-corrected chi connectivity index (χ2v) is 6.23. The van der Waals surface area contributed by atoms with Crippen LogP contribution in [0, 0.1) is 0 Å². The standard InChI is InChI=1S/C16H16N2OS/c19-16-14(11-4-2-1-3-5-11)17-15(12-8-9-20-10-12)18(16)13-6-7-13/h1-5,8-10,13-15,17H,6-7H2. The number of carbonyl (C=O) groups is 1. The van der Waals surface area contributed by atoms with Gasteiger partial charge in [0.05, 0.1) is 0 Å². The number of hydrogen-bond donors (Lipinski definition) is 1. The van der Waals surface area contributed by atoms with Gasteiger partial charge in [-0.25, -0.2) is 0 Å². The molecule has 0 spiro atoms. The Morgan fingerprint density at radius 1 is 1.10 bits per heavy atom. The normalized spacial score (nSPS) is 26.2. The molecule has 1 aromatic heterocycles. The molecule has 2 atom stereocenters. The van der Waals surface area contributed by atoms with Crippen molar-refractivity contribution in [2.45, 2.75) is 31.1 Å². The lowest BCUT2D eigenvalue weighted by atomic mass is 10.1. The van der Waals surface area contributed by atoms with Crippen LogP contribution in [0.2, 0.25) is 0 Å². The molecule has 1 aliphatic carbocycles. The van der Waals surface area contributed by atoms with Crippen LogP contribution in [-0.2, 0) is 4.79 Å². The third-order valence-electron chi connectivity index (χ3n) is 4.04. The molecular formula is C16H16N2OS. The average Bonchev–Trinajstić information content (AvgIpc) is 3.04. The van der Waals surface area contributed by atoms with Crippen LogP contribution >= 0.6 is 11.3 Å². The van der Waals surface area contributed by atoms with E-state index in [0.29, 0.717) is 6.04 Å². The molecule has 1 amide bonds. The van der Waals surface area contributed by atoms with E-state index < -0.39 is 0 Å². The van der Waals surface area contributed by atoms with E-state index in [2.05, 4.69) is 27.0 Å². The lowest BCUT2D eigenvalue weighted by Gasteiger charge is -2.23. The van der Waals surface area contributed by atoms with Gasteiger partial charge in [-0.3, -0.25) is 10.1 Å². The van der Waals surface area contributed by atoms with Crippen LogP contribution in [0.15, 0.2) is 47.2 Å². The van der Waals surface area contributed by atoms with Gasteiger partial charge < -0.3 is 4.90 Å². The molecule has 4 rings (SSSR count). The summed E-state index contributed by atoms with van der Waals surface area (Å²) in [6, 6.07) is 12.3. The molecule has 2 fully saturated rings. The van der Waals surface area contributed by atoms with E-state index in [1.165, 1.54) is 5.56 Å². The highest BCUT2D eigenvalue weighted by atomic mass is 32.1. The Morgan fingerprint density at radius 2 is 1.90 bits per heavy atom.